The van der Waals surface area contributed by atoms with Crippen LogP contribution in [-0.4, -0.2) is 44.8 Å². The Morgan fingerprint density at radius 1 is 1.35 bits per heavy atom. The molecule has 1 amide bonds. The molecule has 140 valence electrons. The van der Waals surface area contributed by atoms with Gasteiger partial charge in [0, 0.05) is 38.2 Å². The molecule has 0 atom stereocenters. The number of rotatable bonds is 5. The minimum absolute atomic E-state index is 0.113. The Kier molecular flexibility index (Phi) is 6.11. The fourth-order valence-electron chi connectivity index (χ4n) is 3.30. The van der Waals surface area contributed by atoms with Crippen LogP contribution in [0.15, 0.2) is 24.3 Å². The van der Waals surface area contributed by atoms with E-state index >= 15 is 0 Å². The Bertz CT molecular complexity index is 838. The van der Waals surface area contributed by atoms with Crippen LogP contribution in [0.5, 0.6) is 0 Å². The molecule has 2 heterocycles. The number of hydrogen-bond acceptors (Lipinski definition) is 4. The number of halogens is 1. The van der Waals surface area contributed by atoms with Crippen LogP contribution in [0.1, 0.15) is 19.8 Å². The normalized spacial score (nSPS) is 16.0. The van der Waals surface area contributed by atoms with Crippen LogP contribution in [-0.2, 0) is 18.5 Å². The topological polar surface area (TPSA) is 55.1 Å². The zero-order valence-electron chi connectivity index (χ0n) is 15.1. The Balaban J connectivity index is 1.70. The molecule has 0 unspecified atom stereocenters. The summed E-state index contributed by atoms with van der Waals surface area (Å²) in [6, 6.07) is 7.64. The van der Waals surface area contributed by atoms with Gasteiger partial charge in [-0.1, -0.05) is 23.7 Å². The molecule has 1 aromatic carbocycles. The van der Waals surface area contributed by atoms with Gasteiger partial charge in [-0.3, -0.25) is 9.69 Å². The first-order valence-electron chi connectivity index (χ1n) is 8.90. The van der Waals surface area contributed by atoms with E-state index < -0.39 is 0 Å². The van der Waals surface area contributed by atoms with E-state index in [1.165, 1.54) is 0 Å². The smallest absolute Gasteiger partial charge is 0.223 e. The van der Waals surface area contributed by atoms with E-state index in [9.17, 15) is 4.79 Å². The lowest BCUT2D eigenvalue weighted by atomic mass is 9.96. The number of carbonyl (C=O) groups excluding carboxylic acids is 1. The van der Waals surface area contributed by atoms with Crippen LogP contribution in [0.4, 0.5) is 0 Å². The second kappa shape index (κ2) is 8.33. The fourth-order valence-corrected chi connectivity index (χ4v) is 3.71. The van der Waals surface area contributed by atoms with E-state index in [2.05, 4.69) is 15.3 Å². The van der Waals surface area contributed by atoms with Gasteiger partial charge >= 0.3 is 0 Å². The number of hydrogen-bond donors (Lipinski definition) is 1. The van der Waals surface area contributed by atoms with Crippen molar-refractivity contribution in [1.82, 2.24) is 24.6 Å². The number of carbonyl (C=O) groups is 1. The van der Waals surface area contributed by atoms with Gasteiger partial charge in [-0.25, -0.2) is 4.68 Å². The average molecular weight is 394 g/mol. The van der Waals surface area contributed by atoms with Gasteiger partial charge in [-0.2, -0.15) is 5.10 Å². The van der Waals surface area contributed by atoms with Gasteiger partial charge in [-0.15, -0.1) is 0 Å². The Labute approximate surface area is 163 Å². The number of nitrogens with zero attached hydrogens (tertiary/aromatic N) is 4. The van der Waals surface area contributed by atoms with Crippen molar-refractivity contribution in [2.24, 2.45) is 13.0 Å². The van der Waals surface area contributed by atoms with Crippen LogP contribution < -0.4 is 5.32 Å². The first-order chi connectivity index (χ1) is 12.5. The van der Waals surface area contributed by atoms with Crippen molar-refractivity contribution in [3.05, 3.63) is 34.1 Å². The lowest BCUT2D eigenvalue weighted by Gasteiger charge is -2.30. The molecule has 1 aromatic heterocycles. The quantitative estimate of drug-likeness (QED) is 0.793. The third-order valence-corrected chi connectivity index (χ3v) is 5.61. The van der Waals surface area contributed by atoms with Gasteiger partial charge in [0.1, 0.15) is 0 Å². The first-order valence-corrected chi connectivity index (χ1v) is 9.68. The third-order valence-electron chi connectivity index (χ3n) is 4.80. The van der Waals surface area contributed by atoms with Gasteiger partial charge in [0.15, 0.2) is 10.6 Å². The maximum absolute atomic E-state index is 12.0. The van der Waals surface area contributed by atoms with Gasteiger partial charge in [0.05, 0.1) is 11.7 Å². The number of nitrogens with one attached hydrogen (secondary N) is 1. The van der Waals surface area contributed by atoms with E-state index in [4.69, 9.17) is 23.8 Å². The minimum Gasteiger partial charge on any atom is -0.356 e. The summed E-state index contributed by atoms with van der Waals surface area (Å²) in [7, 11) is 1.91. The van der Waals surface area contributed by atoms with Crippen molar-refractivity contribution < 1.29 is 4.79 Å². The largest absolute Gasteiger partial charge is 0.356 e. The summed E-state index contributed by atoms with van der Waals surface area (Å²) < 4.78 is 4.38. The number of likely N-dealkylation sites (tertiary alicyclic amines) is 1. The first kappa shape index (κ1) is 19.1. The second-order valence-corrected chi connectivity index (χ2v) is 7.35. The predicted molar refractivity (Wildman–Crippen MR) is 105 cm³/mol. The summed E-state index contributed by atoms with van der Waals surface area (Å²) in [4.78, 5) is 14.3. The summed E-state index contributed by atoms with van der Waals surface area (Å²) in [5.41, 5.74) is 0.872. The van der Waals surface area contributed by atoms with Crippen LogP contribution in [0.25, 0.3) is 11.4 Å². The van der Waals surface area contributed by atoms with Crippen molar-refractivity contribution in [3.63, 3.8) is 0 Å². The molecule has 8 heteroatoms. The van der Waals surface area contributed by atoms with E-state index in [0.29, 0.717) is 23.0 Å². The molecule has 1 aliphatic rings. The SMILES string of the molecule is CCNC(=O)C1CCN(Cn2nc(-c3ccccc3Cl)n(C)c2=S)CC1. The van der Waals surface area contributed by atoms with Crippen LogP contribution >= 0.6 is 23.8 Å². The van der Waals surface area contributed by atoms with Gasteiger partial charge in [-0.05, 0) is 44.1 Å². The minimum atomic E-state index is 0.113. The lowest BCUT2D eigenvalue weighted by molar-refractivity contribution is -0.126. The monoisotopic (exact) mass is 393 g/mol. The van der Waals surface area contributed by atoms with E-state index in [1.807, 2.05) is 47.5 Å². The highest BCUT2D eigenvalue weighted by atomic mass is 35.5. The number of aromatic nitrogens is 3. The molecule has 26 heavy (non-hydrogen) atoms. The highest BCUT2D eigenvalue weighted by Gasteiger charge is 2.25. The molecular formula is C18H24ClN5OS. The van der Waals surface area contributed by atoms with Crippen molar-refractivity contribution in [2.75, 3.05) is 19.6 Å². The van der Waals surface area contributed by atoms with Crippen molar-refractivity contribution in [1.29, 1.82) is 0 Å². The molecule has 1 fully saturated rings. The predicted octanol–water partition coefficient (Wildman–Crippen LogP) is 3.08. The molecular weight excluding hydrogens is 370 g/mol. The van der Waals surface area contributed by atoms with Crippen molar-refractivity contribution >= 4 is 29.7 Å². The fraction of sp³-hybridized carbons (Fsp3) is 0.500. The molecule has 3 rings (SSSR count). The highest BCUT2D eigenvalue weighted by molar-refractivity contribution is 7.71. The summed E-state index contributed by atoms with van der Waals surface area (Å²) in [5.74, 6) is 1.04. The molecule has 1 aliphatic heterocycles. The third kappa shape index (κ3) is 4.00. The van der Waals surface area contributed by atoms with Gasteiger partial charge < -0.3 is 9.88 Å². The molecule has 0 saturated carbocycles. The molecule has 0 radical (unpaired) electrons. The van der Waals surface area contributed by atoms with Crippen LogP contribution in [0.3, 0.4) is 0 Å². The van der Waals surface area contributed by atoms with E-state index in [1.54, 1.807) is 0 Å². The molecule has 2 aromatic rings. The summed E-state index contributed by atoms with van der Waals surface area (Å²) in [5, 5.41) is 8.26. The van der Waals surface area contributed by atoms with Crippen LogP contribution in [0.2, 0.25) is 5.02 Å². The summed E-state index contributed by atoms with van der Waals surface area (Å²) in [6.45, 7) is 4.99. The van der Waals surface area contributed by atoms with Crippen molar-refractivity contribution in [3.8, 4) is 11.4 Å². The maximum atomic E-state index is 12.0. The highest BCUT2D eigenvalue weighted by Crippen LogP contribution is 2.26. The zero-order valence-corrected chi connectivity index (χ0v) is 16.7. The molecule has 6 nitrogen and oxygen atoms in total. The van der Waals surface area contributed by atoms with Crippen LogP contribution in [0, 0.1) is 10.7 Å². The molecule has 0 bridgehead atoms. The standard InChI is InChI=1S/C18H24ClN5OS/c1-3-20-17(25)13-8-10-23(11-9-13)12-24-18(26)22(2)16(21-24)14-6-4-5-7-15(14)19/h4-7,13H,3,8-12H2,1-2H3,(H,20,25). The number of piperidine rings is 1. The average Bonchev–Trinajstić information content (AvgIpc) is 2.91. The Hall–Kier alpha value is -1.70. The second-order valence-electron chi connectivity index (χ2n) is 6.57. The lowest BCUT2D eigenvalue weighted by Crippen LogP contribution is -2.41. The molecule has 1 N–H and O–H groups in total. The van der Waals surface area contributed by atoms with Crippen molar-refractivity contribution in [2.45, 2.75) is 26.4 Å². The molecule has 0 aliphatic carbocycles. The van der Waals surface area contributed by atoms with Gasteiger partial charge in [0.2, 0.25) is 5.91 Å². The van der Waals surface area contributed by atoms with Gasteiger partial charge in [0.25, 0.3) is 0 Å². The molecule has 0 spiro atoms. The maximum Gasteiger partial charge on any atom is 0.223 e. The number of benzene rings is 1. The summed E-state index contributed by atoms with van der Waals surface area (Å²) >= 11 is 11.9. The Morgan fingerprint density at radius 2 is 2.04 bits per heavy atom. The molecule has 1 saturated heterocycles. The van der Waals surface area contributed by atoms with E-state index in [-0.39, 0.29) is 11.8 Å². The zero-order chi connectivity index (χ0) is 18.7. The Morgan fingerprint density at radius 3 is 2.69 bits per heavy atom. The summed E-state index contributed by atoms with van der Waals surface area (Å²) in [6.07, 6.45) is 1.73. The van der Waals surface area contributed by atoms with E-state index in [0.717, 1.165) is 37.3 Å². The number of amides is 1.